The number of benzene rings is 1. The summed E-state index contributed by atoms with van der Waals surface area (Å²) in [4.78, 5) is 35.5. The van der Waals surface area contributed by atoms with Gasteiger partial charge in [-0.05, 0) is 12.5 Å². The van der Waals surface area contributed by atoms with Gasteiger partial charge >= 0.3 is 5.63 Å². The molecule has 6 heteroatoms. The van der Waals surface area contributed by atoms with E-state index < -0.39 is 5.63 Å². The van der Waals surface area contributed by atoms with Gasteiger partial charge in [-0.1, -0.05) is 0 Å². The fraction of sp³-hybridized carbons (Fsp3) is 0.214. The first-order valence-corrected chi connectivity index (χ1v) is 6.04. The van der Waals surface area contributed by atoms with Crippen molar-refractivity contribution >= 4 is 22.5 Å². The molecule has 1 aromatic heterocycles. The Morgan fingerprint density at radius 1 is 0.950 bits per heavy atom. The maximum atomic E-state index is 12.0. The summed E-state index contributed by atoms with van der Waals surface area (Å²) < 4.78 is 15.9. The number of fused-ring (bicyclic) bond motifs is 6. The number of carbonyl (C=O) groups is 2. The highest BCUT2D eigenvalue weighted by atomic mass is 16.5. The monoisotopic (exact) mass is 272 g/mol. The van der Waals surface area contributed by atoms with Crippen LogP contribution in [0.4, 0.5) is 0 Å². The summed E-state index contributed by atoms with van der Waals surface area (Å²) in [6, 6.07) is 1.31. The van der Waals surface area contributed by atoms with Crippen molar-refractivity contribution in [3.63, 3.8) is 0 Å². The summed E-state index contributed by atoms with van der Waals surface area (Å²) in [7, 11) is 0. The van der Waals surface area contributed by atoms with Crippen LogP contribution in [-0.2, 0) is 0 Å². The third-order valence-corrected chi connectivity index (χ3v) is 3.55. The van der Waals surface area contributed by atoms with Crippen molar-refractivity contribution in [1.82, 2.24) is 0 Å². The highest BCUT2D eigenvalue weighted by Gasteiger charge is 2.38. The maximum Gasteiger partial charge on any atom is 0.336 e. The molecule has 0 aliphatic carbocycles. The van der Waals surface area contributed by atoms with Crippen LogP contribution in [-0.4, -0.2) is 24.8 Å². The molecule has 0 spiro atoms. The zero-order chi connectivity index (χ0) is 14.0. The van der Waals surface area contributed by atoms with Crippen molar-refractivity contribution in [3.05, 3.63) is 33.2 Å². The minimum Gasteiger partial charge on any atom is -0.484 e. The van der Waals surface area contributed by atoms with E-state index >= 15 is 0 Å². The normalized spacial score (nSPS) is 16.1. The maximum absolute atomic E-state index is 12.0. The average Bonchev–Trinajstić information content (AvgIpc) is 2.93. The zero-order valence-electron chi connectivity index (χ0n) is 10.4. The molecule has 0 radical (unpaired) electrons. The van der Waals surface area contributed by atoms with Crippen molar-refractivity contribution in [2.45, 2.75) is 6.92 Å². The summed E-state index contributed by atoms with van der Waals surface area (Å²) in [5.41, 5.74) is 0.625. The van der Waals surface area contributed by atoms with E-state index in [1.54, 1.807) is 6.92 Å². The molecule has 100 valence electrons. The molecule has 1 aromatic carbocycles. The summed E-state index contributed by atoms with van der Waals surface area (Å²) in [5, 5.41) is 0.489. The molecule has 2 aliphatic rings. The van der Waals surface area contributed by atoms with Crippen LogP contribution in [0.5, 0.6) is 11.5 Å². The number of hydrogen-bond donors (Lipinski definition) is 0. The third kappa shape index (κ3) is 1.20. The Kier molecular flexibility index (Phi) is 1.95. The van der Waals surface area contributed by atoms with Gasteiger partial charge in [-0.25, -0.2) is 4.79 Å². The van der Waals surface area contributed by atoms with Gasteiger partial charge in [0.05, 0.1) is 5.39 Å². The molecule has 4 rings (SSSR count). The van der Waals surface area contributed by atoms with Gasteiger partial charge in [0.25, 0.3) is 0 Å². The Labute approximate surface area is 111 Å². The molecule has 0 bridgehead atoms. The molecule has 0 unspecified atom stereocenters. The second-order valence-corrected chi connectivity index (χ2v) is 4.78. The Bertz CT molecular complexity index is 874. The molecule has 0 fully saturated rings. The Morgan fingerprint density at radius 2 is 1.60 bits per heavy atom. The van der Waals surface area contributed by atoms with Gasteiger partial charge in [0.2, 0.25) is 11.6 Å². The lowest BCUT2D eigenvalue weighted by Crippen LogP contribution is -2.04. The van der Waals surface area contributed by atoms with E-state index in [1.807, 2.05) is 0 Å². The lowest BCUT2D eigenvalue weighted by atomic mass is 9.98. The van der Waals surface area contributed by atoms with Crippen LogP contribution < -0.4 is 15.1 Å². The average molecular weight is 272 g/mol. The van der Waals surface area contributed by atoms with Crippen LogP contribution in [0, 0.1) is 6.92 Å². The molecule has 2 aliphatic heterocycles. The van der Waals surface area contributed by atoms with Gasteiger partial charge in [-0.15, -0.1) is 0 Å². The Balaban J connectivity index is 2.31. The lowest BCUT2D eigenvalue weighted by Gasteiger charge is -2.09. The van der Waals surface area contributed by atoms with Crippen molar-refractivity contribution in [2.75, 3.05) is 13.2 Å². The van der Waals surface area contributed by atoms with Crippen LogP contribution in [0.3, 0.4) is 0 Å². The first-order valence-electron chi connectivity index (χ1n) is 6.04. The SMILES string of the molecule is Cc1cc(=O)oc2c3c(c4c(c12)OCC4=O)OCC3=O. The van der Waals surface area contributed by atoms with Crippen LogP contribution in [0.1, 0.15) is 26.3 Å². The summed E-state index contributed by atoms with van der Waals surface area (Å²) >= 11 is 0. The predicted octanol–water partition coefficient (Wildman–Crippen LogP) is 1.25. The van der Waals surface area contributed by atoms with Gasteiger partial charge < -0.3 is 13.9 Å². The van der Waals surface area contributed by atoms with E-state index in [9.17, 15) is 14.4 Å². The minimum atomic E-state index is -0.554. The van der Waals surface area contributed by atoms with Crippen LogP contribution >= 0.6 is 0 Å². The topological polar surface area (TPSA) is 82.8 Å². The molecule has 6 nitrogen and oxygen atoms in total. The molecule has 20 heavy (non-hydrogen) atoms. The lowest BCUT2D eigenvalue weighted by molar-refractivity contribution is 0.0944. The highest BCUT2D eigenvalue weighted by Crippen LogP contribution is 2.46. The van der Waals surface area contributed by atoms with Crippen molar-refractivity contribution in [1.29, 1.82) is 0 Å². The van der Waals surface area contributed by atoms with E-state index in [0.29, 0.717) is 16.7 Å². The van der Waals surface area contributed by atoms with Crippen molar-refractivity contribution < 1.29 is 23.5 Å². The van der Waals surface area contributed by atoms with Gasteiger partial charge in [0, 0.05) is 6.07 Å². The number of rotatable bonds is 0. The number of Topliss-reactive ketones (excluding diaryl/α,β-unsaturated/α-hetero) is 2. The summed E-state index contributed by atoms with van der Waals surface area (Å²) in [6.45, 7) is 1.45. The molecule has 2 aromatic rings. The zero-order valence-corrected chi connectivity index (χ0v) is 10.4. The van der Waals surface area contributed by atoms with Gasteiger partial charge in [0.15, 0.2) is 18.8 Å². The van der Waals surface area contributed by atoms with E-state index in [-0.39, 0.29) is 47.2 Å². The second-order valence-electron chi connectivity index (χ2n) is 4.78. The van der Waals surface area contributed by atoms with E-state index in [1.165, 1.54) is 6.07 Å². The Morgan fingerprint density at radius 3 is 2.35 bits per heavy atom. The first kappa shape index (κ1) is 11.2. The molecule has 0 saturated heterocycles. The fourth-order valence-electron chi connectivity index (χ4n) is 2.74. The quantitative estimate of drug-likeness (QED) is 0.671. The predicted molar refractivity (Wildman–Crippen MR) is 66.9 cm³/mol. The molecular weight excluding hydrogens is 264 g/mol. The minimum absolute atomic E-state index is 0.100. The number of ketones is 2. The highest BCUT2D eigenvalue weighted by molar-refractivity contribution is 6.20. The first-order chi connectivity index (χ1) is 9.58. The standard InChI is InChI=1S/C14H8O6/c1-5-2-8(17)20-14-9(5)12-10(6(15)3-18-12)13-11(14)7(16)4-19-13/h2H,3-4H2,1H3. The smallest absolute Gasteiger partial charge is 0.336 e. The van der Waals surface area contributed by atoms with Crippen molar-refractivity contribution in [2.24, 2.45) is 0 Å². The molecule has 0 saturated carbocycles. The number of aryl methyl sites for hydroxylation is 1. The second kappa shape index (κ2) is 3.47. The largest absolute Gasteiger partial charge is 0.484 e. The number of carbonyl (C=O) groups excluding carboxylic acids is 2. The van der Waals surface area contributed by atoms with Gasteiger partial charge in [-0.2, -0.15) is 0 Å². The van der Waals surface area contributed by atoms with Crippen LogP contribution in [0.25, 0.3) is 11.0 Å². The van der Waals surface area contributed by atoms with Crippen LogP contribution in [0.2, 0.25) is 0 Å². The molecule has 3 heterocycles. The van der Waals surface area contributed by atoms with Gasteiger partial charge in [0.1, 0.15) is 22.6 Å². The van der Waals surface area contributed by atoms with E-state index in [0.717, 1.165) is 0 Å². The van der Waals surface area contributed by atoms with E-state index in [2.05, 4.69) is 0 Å². The molecule has 0 amide bonds. The number of ether oxygens (including phenoxy) is 2. The third-order valence-electron chi connectivity index (χ3n) is 3.55. The fourth-order valence-corrected chi connectivity index (χ4v) is 2.74. The number of hydrogen-bond acceptors (Lipinski definition) is 6. The van der Waals surface area contributed by atoms with Crippen LogP contribution in [0.15, 0.2) is 15.3 Å². The summed E-state index contributed by atoms with van der Waals surface area (Å²) in [6.07, 6.45) is 0. The molecular formula is C14H8O6. The van der Waals surface area contributed by atoms with Gasteiger partial charge in [-0.3, -0.25) is 9.59 Å². The van der Waals surface area contributed by atoms with E-state index in [4.69, 9.17) is 13.9 Å². The van der Waals surface area contributed by atoms with Crippen molar-refractivity contribution in [3.8, 4) is 11.5 Å². The Hall–Kier alpha value is -2.63. The molecule has 0 N–H and O–H groups in total. The summed E-state index contributed by atoms with van der Waals surface area (Å²) in [5.74, 6) is -0.0341. The molecule has 0 atom stereocenters.